The number of rotatable bonds is 13. The second-order valence-corrected chi connectivity index (χ2v) is 8.77. The summed E-state index contributed by atoms with van der Waals surface area (Å²) in [5.74, 6) is 0.650. The van der Waals surface area contributed by atoms with Crippen molar-refractivity contribution in [3.05, 3.63) is 0 Å². The van der Waals surface area contributed by atoms with Gasteiger partial charge in [-0.1, -0.05) is 66.2 Å². The smallest absolute Gasteiger partial charge is 0.325 e. The molecule has 148 valence electrons. The summed E-state index contributed by atoms with van der Waals surface area (Å²) in [4.78, 5) is 25.9. The molecular formula is C16H38O6P2. The molecule has 0 aliphatic carbocycles. The fourth-order valence-corrected chi connectivity index (χ4v) is 3.83. The summed E-state index contributed by atoms with van der Waals surface area (Å²) in [7, 11) is -6.49. The van der Waals surface area contributed by atoms with Crippen LogP contribution < -0.4 is 0 Å². The number of hydrogen-bond donors (Lipinski definition) is 3. The Morgan fingerprint density at radius 3 is 1.75 bits per heavy atom. The van der Waals surface area contributed by atoms with Crippen molar-refractivity contribution in [3.63, 3.8) is 0 Å². The van der Waals surface area contributed by atoms with Crippen LogP contribution in [-0.2, 0) is 13.7 Å². The van der Waals surface area contributed by atoms with Gasteiger partial charge >= 0.3 is 15.9 Å². The molecule has 0 rings (SSSR count). The first kappa shape index (κ1) is 26.5. The molecule has 0 aliphatic rings. The van der Waals surface area contributed by atoms with E-state index in [0.717, 1.165) is 38.5 Å². The second kappa shape index (κ2) is 16.8. The summed E-state index contributed by atoms with van der Waals surface area (Å²) in [6, 6.07) is 0. The zero-order valence-corrected chi connectivity index (χ0v) is 17.6. The molecule has 0 aromatic heterocycles. The first-order valence-electron chi connectivity index (χ1n) is 9.10. The minimum absolute atomic E-state index is 0.0590. The average Bonchev–Trinajstić information content (AvgIpc) is 2.51. The highest BCUT2D eigenvalue weighted by Gasteiger charge is 2.19. The normalized spacial score (nSPS) is 15.3. The quantitative estimate of drug-likeness (QED) is 0.384. The predicted molar refractivity (Wildman–Crippen MR) is 101 cm³/mol. The van der Waals surface area contributed by atoms with E-state index in [0.29, 0.717) is 12.5 Å². The van der Waals surface area contributed by atoms with E-state index in [2.05, 4.69) is 20.8 Å². The van der Waals surface area contributed by atoms with Gasteiger partial charge < -0.3 is 19.2 Å². The highest BCUT2D eigenvalue weighted by atomic mass is 31.2. The van der Waals surface area contributed by atoms with E-state index in [-0.39, 0.29) is 12.1 Å². The molecule has 6 nitrogen and oxygen atoms in total. The molecule has 0 fully saturated rings. The van der Waals surface area contributed by atoms with Gasteiger partial charge in [-0.05, 0) is 24.7 Å². The van der Waals surface area contributed by atoms with Crippen LogP contribution in [0.25, 0.3) is 0 Å². The molecule has 0 saturated carbocycles. The SMILES string of the molecule is CCCCC(CC)CO[PH](=O)O.CCCCC(CC)CP(=O)(O)O. The molecule has 0 saturated heterocycles. The van der Waals surface area contributed by atoms with Crippen molar-refractivity contribution < 1.29 is 28.3 Å². The molecule has 0 amide bonds. The van der Waals surface area contributed by atoms with Crippen molar-refractivity contribution >= 4 is 15.9 Å². The van der Waals surface area contributed by atoms with Gasteiger partial charge in [-0.3, -0.25) is 9.13 Å². The highest BCUT2D eigenvalue weighted by molar-refractivity contribution is 7.51. The fraction of sp³-hybridized carbons (Fsp3) is 1.00. The van der Waals surface area contributed by atoms with Crippen molar-refractivity contribution in [1.29, 1.82) is 0 Å². The molecular weight excluding hydrogens is 350 g/mol. The van der Waals surface area contributed by atoms with Gasteiger partial charge in [0.25, 0.3) is 0 Å². The van der Waals surface area contributed by atoms with Gasteiger partial charge in [0.2, 0.25) is 0 Å². The molecule has 3 N–H and O–H groups in total. The lowest BCUT2D eigenvalue weighted by Gasteiger charge is -2.14. The highest BCUT2D eigenvalue weighted by Crippen LogP contribution is 2.38. The van der Waals surface area contributed by atoms with Crippen molar-refractivity contribution in [2.24, 2.45) is 11.8 Å². The fourth-order valence-electron chi connectivity index (χ4n) is 2.34. The van der Waals surface area contributed by atoms with Gasteiger partial charge in [0.15, 0.2) is 0 Å². The van der Waals surface area contributed by atoms with Crippen LogP contribution in [0.15, 0.2) is 0 Å². The molecule has 0 aromatic rings. The summed E-state index contributed by atoms with van der Waals surface area (Å²) < 4.78 is 25.6. The average molecular weight is 388 g/mol. The van der Waals surface area contributed by atoms with Crippen LogP contribution in [-0.4, -0.2) is 27.4 Å². The van der Waals surface area contributed by atoms with Crippen molar-refractivity contribution in [2.45, 2.75) is 79.1 Å². The maximum absolute atomic E-state index is 10.7. The number of hydrogen-bond acceptors (Lipinski definition) is 3. The monoisotopic (exact) mass is 388 g/mol. The van der Waals surface area contributed by atoms with Crippen LogP contribution in [0.5, 0.6) is 0 Å². The van der Waals surface area contributed by atoms with Crippen molar-refractivity contribution in [3.8, 4) is 0 Å². The Morgan fingerprint density at radius 2 is 1.42 bits per heavy atom. The van der Waals surface area contributed by atoms with Crippen molar-refractivity contribution in [1.82, 2.24) is 0 Å². The van der Waals surface area contributed by atoms with Gasteiger partial charge in [-0.25, -0.2) is 0 Å². The Hall–Kier alpha value is 0.300. The maximum atomic E-state index is 10.7. The maximum Gasteiger partial charge on any atom is 0.325 e. The number of unbranched alkanes of at least 4 members (excludes halogenated alkanes) is 2. The Kier molecular flexibility index (Phi) is 18.5. The molecule has 0 aliphatic heterocycles. The molecule has 3 unspecified atom stereocenters. The lowest BCUT2D eigenvalue weighted by Crippen LogP contribution is -2.05. The van der Waals surface area contributed by atoms with Crippen molar-refractivity contribution in [2.75, 3.05) is 12.8 Å². The molecule has 0 aromatic carbocycles. The topological polar surface area (TPSA) is 104 Å². The summed E-state index contributed by atoms with van der Waals surface area (Å²) in [6.07, 6.45) is 8.50. The third-order valence-corrected chi connectivity index (χ3v) is 5.43. The summed E-state index contributed by atoms with van der Waals surface area (Å²) >= 11 is 0. The standard InChI is InChI=1S/2C8H19O3P/c1-3-5-6-8(4-2)7-12(9,10)11;1-3-5-6-8(4-2)7-11-12(9)10/h8H,3-7H2,1-2H3,(H2,9,10,11);8,12H,3-7H2,1-2H3,(H,9,10). The van der Waals surface area contributed by atoms with Gasteiger partial charge in [-0.2, -0.15) is 0 Å². The van der Waals surface area contributed by atoms with E-state index in [1.807, 2.05) is 6.92 Å². The van der Waals surface area contributed by atoms with E-state index in [1.54, 1.807) is 0 Å². The zero-order valence-electron chi connectivity index (χ0n) is 15.7. The molecule has 0 spiro atoms. The zero-order chi connectivity index (χ0) is 19.0. The lowest BCUT2D eigenvalue weighted by molar-refractivity contribution is 0.218. The minimum Gasteiger partial charge on any atom is -0.326 e. The van der Waals surface area contributed by atoms with E-state index in [4.69, 9.17) is 19.2 Å². The van der Waals surface area contributed by atoms with Gasteiger partial charge in [0, 0.05) is 0 Å². The molecule has 24 heavy (non-hydrogen) atoms. The predicted octanol–water partition coefficient (Wildman–Crippen LogP) is 4.98. The van der Waals surface area contributed by atoms with Gasteiger partial charge in [-0.15, -0.1) is 0 Å². The van der Waals surface area contributed by atoms with E-state index in [1.165, 1.54) is 12.8 Å². The van der Waals surface area contributed by atoms with E-state index < -0.39 is 15.9 Å². The summed E-state index contributed by atoms with van der Waals surface area (Å²) in [6.45, 7) is 8.73. The molecule has 3 atom stereocenters. The van der Waals surface area contributed by atoms with Crippen LogP contribution >= 0.6 is 15.9 Å². The van der Waals surface area contributed by atoms with Crippen LogP contribution in [0, 0.1) is 11.8 Å². The first-order chi connectivity index (χ1) is 11.2. The van der Waals surface area contributed by atoms with Crippen LogP contribution in [0.3, 0.4) is 0 Å². The third kappa shape index (κ3) is 20.3. The Bertz CT molecular complexity index is 345. The molecule has 0 heterocycles. The molecule has 8 heteroatoms. The first-order valence-corrected chi connectivity index (χ1v) is 12.2. The molecule has 0 radical (unpaired) electrons. The van der Waals surface area contributed by atoms with Crippen LogP contribution in [0.1, 0.15) is 79.1 Å². The summed E-state index contributed by atoms with van der Waals surface area (Å²) in [5.41, 5.74) is 0. The van der Waals surface area contributed by atoms with Gasteiger partial charge in [0.05, 0.1) is 12.8 Å². The van der Waals surface area contributed by atoms with Crippen LogP contribution in [0.2, 0.25) is 0 Å². The third-order valence-electron chi connectivity index (χ3n) is 4.03. The minimum atomic E-state index is -3.78. The Labute approximate surface area is 148 Å². The molecule has 0 bridgehead atoms. The van der Waals surface area contributed by atoms with E-state index >= 15 is 0 Å². The largest absolute Gasteiger partial charge is 0.326 e. The lowest BCUT2D eigenvalue weighted by atomic mass is 10.0. The second-order valence-electron chi connectivity index (χ2n) is 6.26. The van der Waals surface area contributed by atoms with Crippen LogP contribution in [0.4, 0.5) is 0 Å². The Morgan fingerprint density at radius 1 is 0.958 bits per heavy atom. The van der Waals surface area contributed by atoms with Gasteiger partial charge in [0.1, 0.15) is 0 Å². The van der Waals surface area contributed by atoms with E-state index in [9.17, 15) is 9.13 Å². The Balaban J connectivity index is 0. The summed E-state index contributed by atoms with van der Waals surface area (Å²) in [5, 5.41) is 0.